The SMILES string of the molecule is CNC(c1c(Br)nnn1C)C1CCOCC1C. The normalized spacial score (nSPS) is 27.1. The van der Waals surface area contributed by atoms with Crippen LogP contribution in [0.3, 0.4) is 0 Å². The lowest BCUT2D eigenvalue weighted by molar-refractivity contribution is 0.0105. The van der Waals surface area contributed by atoms with Crippen LogP contribution in [0.15, 0.2) is 4.60 Å². The number of nitrogens with one attached hydrogen (secondary N) is 1. The van der Waals surface area contributed by atoms with E-state index >= 15 is 0 Å². The second-order valence-electron chi connectivity index (χ2n) is 4.66. The number of halogens is 1. The Morgan fingerprint density at radius 3 is 2.88 bits per heavy atom. The van der Waals surface area contributed by atoms with E-state index in [4.69, 9.17) is 4.74 Å². The number of hydrogen-bond acceptors (Lipinski definition) is 4. The van der Waals surface area contributed by atoms with Crippen molar-refractivity contribution in [1.29, 1.82) is 0 Å². The molecule has 1 saturated heterocycles. The van der Waals surface area contributed by atoms with Crippen molar-refractivity contribution >= 4 is 15.9 Å². The van der Waals surface area contributed by atoms with Crippen molar-refractivity contribution in [3.05, 3.63) is 10.3 Å². The van der Waals surface area contributed by atoms with Gasteiger partial charge in [-0.15, -0.1) is 5.10 Å². The van der Waals surface area contributed by atoms with Crippen LogP contribution in [0.2, 0.25) is 0 Å². The van der Waals surface area contributed by atoms with Gasteiger partial charge in [0.1, 0.15) is 0 Å². The maximum atomic E-state index is 5.51. The molecule has 0 bridgehead atoms. The summed E-state index contributed by atoms with van der Waals surface area (Å²) in [5, 5.41) is 11.5. The van der Waals surface area contributed by atoms with Crippen LogP contribution >= 0.6 is 15.9 Å². The average molecular weight is 303 g/mol. The summed E-state index contributed by atoms with van der Waals surface area (Å²) >= 11 is 3.48. The van der Waals surface area contributed by atoms with Crippen LogP contribution in [-0.2, 0) is 11.8 Å². The molecule has 0 aromatic carbocycles. The monoisotopic (exact) mass is 302 g/mol. The van der Waals surface area contributed by atoms with E-state index in [1.165, 1.54) is 0 Å². The lowest BCUT2D eigenvalue weighted by atomic mass is 9.82. The number of hydrogen-bond donors (Lipinski definition) is 1. The van der Waals surface area contributed by atoms with Gasteiger partial charge in [-0.3, -0.25) is 0 Å². The van der Waals surface area contributed by atoms with Gasteiger partial charge in [-0.05, 0) is 41.2 Å². The molecule has 0 saturated carbocycles. The highest BCUT2D eigenvalue weighted by Crippen LogP contribution is 2.35. The molecular formula is C11H19BrN4O. The minimum absolute atomic E-state index is 0.267. The Bertz CT molecular complexity index is 362. The topological polar surface area (TPSA) is 52.0 Å². The van der Waals surface area contributed by atoms with E-state index in [0.29, 0.717) is 11.8 Å². The number of ether oxygens (including phenoxy) is 1. The molecule has 1 aromatic rings. The standard InChI is InChI=1S/C11H19BrN4O/c1-7-6-17-5-4-8(7)9(13-2)10-11(12)14-15-16(10)3/h7-9,13H,4-6H2,1-3H3. The Balaban J connectivity index is 2.26. The van der Waals surface area contributed by atoms with E-state index < -0.39 is 0 Å². The predicted octanol–water partition coefficient (Wildman–Crippen LogP) is 1.51. The van der Waals surface area contributed by atoms with Gasteiger partial charge in [0.15, 0.2) is 4.60 Å². The smallest absolute Gasteiger partial charge is 0.153 e. The lowest BCUT2D eigenvalue weighted by Gasteiger charge is -2.35. The van der Waals surface area contributed by atoms with E-state index in [2.05, 4.69) is 38.5 Å². The third-order valence-corrected chi connectivity index (χ3v) is 4.13. The third-order valence-electron chi connectivity index (χ3n) is 3.57. The molecule has 96 valence electrons. The summed E-state index contributed by atoms with van der Waals surface area (Å²) in [6.07, 6.45) is 1.07. The van der Waals surface area contributed by atoms with Crippen molar-refractivity contribution in [1.82, 2.24) is 20.3 Å². The van der Waals surface area contributed by atoms with Crippen molar-refractivity contribution in [3.8, 4) is 0 Å². The van der Waals surface area contributed by atoms with Crippen LogP contribution in [0.25, 0.3) is 0 Å². The molecule has 1 aliphatic heterocycles. The fourth-order valence-electron chi connectivity index (χ4n) is 2.61. The summed E-state index contributed by atoms with van der Waals surface area (Å²) in [5.41, 5.74) is 1.12. The van der Waals surface area contributed by atoms with Gasteiger partial charge in [0.05, 0.1) is 11.7 Å². The van der Waals surface area contributed by atoms with E-state index in [1.807, 2.05) is 18.8 Å². The van der Waals surface area contributed by atoms with Crippen LogP contribution in [0.1, 0.15) is 25.1 Å². The summed E-state index contributed by atoms with van der Waals surface area (Å²) in [7, 11) is 3.92. The maximum absolute atomic E-state index is 5.51. The van der Waals surface area contributed by atoms with Crippen LogP contribution in [0.5, 0.6) is 0 Å². The Kier molecular flexibility index (Phi) is 4.17. The molecule has 2 rings (SSSR count). The van der Waals surface area contributed by atoms with Gasteiger partial charge in [-0.2, -0.15) is 0 Å². The van der Waals surface area contributed by atoms with Crippen molar-refractivity contribution in [2.24, 2.45) is 18.9 Å². The maximum Gasteiger partial charge on any atom is 0.153 e. The second kappa shape index (κ2) is 5.46. The molecule has 6 heteroatoms. The van der Waals surface area contributed by atoms with Gasteiger partial charge >= 0.3 is 0 Å². The van der Waals surface area contributed by atoms with E-state index in [1.54, 1.807) is 0 Å². The Morgan fingerprint density at radius 1 is 1.59 bits per heavy atom. The van der Waals surface area contributed by atoms with Crippen LogP contribution in [0, 0.1) is 11.8 Å². The molecule has 1 fully saturated rings. The van der Waals surface area contributed by atoms with Gasteiger partial charge in [-0.25, -0.2) is 4.68 Å². The first kappa shape index (κ1) is 13.0. The molecule has 0 amide bonds. The molecule has 0 radical (unpaired) electrons. The highest BCUT2D eigenvalue weighted by Gasteiger charge is 2.33. The molecule has 5 nitrogen and oxygen atoms in total. The first-order valence-corrected chi connectivity index (χ1v) is 6.74. The summed E-state index contributed by atoms with van der Waals surface area (Å²) < 4.78 is 8.18. The minimum Gasteiger partial charge on any atom is -0.381 e. The molecule has 17 heavy (non-hydrogen) atoms. The third kappa shape index (κ3) is 2.53. The average Bonchev–Trinajstić information content (AvgIpc) is 2.64. The van der Waals surface area contributed by atoms with Crippen molar-refractivity contribution in [2.45, 2.75) is 19.4 Å². The van der Waals surface area contributed by atoms with Crippen molar-refractivity contribution in [3.63, 3.8) is 0 Å². The Morgan fingerprint density at radius 2 is 2.35 bits per heavy atom. The van der Waals surface area contributed by atoms with Crippen LogP contribution in [-0.4, -0.2) is 35.3 Å². The first-order valence-electron chi connectivity index (χ1n) is 5.95. The minimum atomic E-state index is 0.267. The summed E-state index contributed by atoms with van der Waals surface area (Å²) in [6, 6.07) is 0.267. The molecular weight excluding hydrogens is 284 g/mol. The highest BCUT2D eigenvalue weighted by molar-refractivity contribution is 9.10. The number of rotatable bonds is 3. The summed E-state index contributed by atoms with van der Waals surface area (Å²) in [5.74, 6) is 1.10. The van der Waals surface area contributed by atoms with Gasteiger partial charge in [0.25, 0.3) is 0 Å². The molecule has 1 N–H and O–H groups in total. The van der Waals surface area contributed by atoms with Gasteiger partial charge in [0, 0.05) is 20.3 Å². The van der Waals surface area contributed by atoms with Crippen molar-refractivity contribution in [2.75, 3.05) is 20.3 Å². The van der Waals surface area contributed by atoms with Gasteiger partial charge in [-0.1, -0.05) is 12.1 Å². The number of nitrogens with zero attached hydrogens (tertiary/aromatic N) is 3. The van der Waals surface area contributed by atoms with Gasteiger partial charge in [0.2, 0.25) is 0 Å². The number of aryl methyl sites for hydroxylation is 1. The highest BCUT2D eigenvalue weighted by atomic mass is 79.9. The van der Waals surface area contributed by atoms with Crippen molar-refractivity contribution < 1.29 is 4.74 Å². The molecule has 1 aromatic heterocycles. The Hall–Kier alpha value is -0.460. The predicted molar refractivity (Wildman–Crippen MR) is 68.6 cm³/mol. The zero-order valence-electron chi connectivity index (χ0n) is 10.5. The van der Waals surface area contributed by atoms with Crippen LogP contribution in [0.4, 0.5) is 0 Å². The van der Waals surface area contributed by atoms with E-state index in [0.717, 1.165) is 29.9 Å². The molecule has 3 atom stereocenters. The van der Waals surface area contributed by atoms with Crippen LogP contribution < -0.4 is 5.32 Å². The van der Waals surface area contributed by atoms with Gasteiger partial charge < -0.3 is 10.1 Å². The Labute approximate surface area is 110 Å². The summed E-state index contributed by atoms with van der Waals surface area (Å²) in [4.78, 5) is 0. The molecule has 0 spiro atoms. The summed E-state index contributed by atoms with van der Waals surface area (Å²) in [6.45, 7) is 3.92. The number of aromatic nitrogens is 3. The first-order chi connectivity index (χ1) is 8.15. The fraction of sp³-hybridized carbons (Fsp3) is 0.818. The zero-order valence-corrected chi connectivity index (χ0v) is 12.1. The second-order valence-corrected chi connectivity index (χ2v) is 5.41. The lowest BCUT2D eigenvalue weighted by Crippen LogP contribution is -2.36. The molecule has 0 aliphatic carbocycles. The fourth-order valence-corrected chi connectivity index (χ4v) is 3.19. The quantitative estimate of drug-likeness (QED) is 0.919. The molecule has 3 unspecified atom stereocenters. The van der Waals surface area contributed by atoms with E-state index in [-0.39, 0.29) is 6.04 Å². The zero-order chi connectivity index (χ0) is 12.4. The molecule has 1 aliphatic rings. The molecule has 2 heterocycles. The largest absolute Gasteiger partial charge is 0.381 e. The van der Waals surface area contributed by atoms with E-state index in [9.17, 15) is 0 Å².